The summed E-state index contributed by atoms with van der Waals surface area (Å²) >= 11 is 12.0. The van der Waals surface area contributed by atoms with Gasteiger partial charge in [0, 0.05) is 18.9 Å². The maximum atomic E-state index is 11.8. The summed E-state index contributed by atoms with van der Waals surface area (Å²) in [4.78, 5) is 20.2. The first-order chi connectivity index (χ1) is 10.1. The van der Waals surface area contributed by atoms with Crippen LogP contribution in [0.1, 0.15) is 11.4 Å². The summed E-state index contributed by atoms with van der Waals surface area (Å²) < 4.78 is 0. The molecule has 110 valence electrons. The van der Waals surface area contributed by atoms with Gasteiger partial charge in [0.25, 0.3) is 0 Å². The van der Waals surface area contributed by atoms with Gasteiger partial charge >= 0.3 is 0 Å². The van der Waals surface area contributed by atoms with Crippen LogP contribution >= 0.6 is 23.2 Å². The van der Waals surface area contributed by atoms with Gasteiger partial charge in [-0.05, 0) is 19.1 Å². The molecule has 7 heteroatoms. The number of carbonyl (C=O) groups excluding carboxylic acids is 1. The number of anilines is 1. The van der Waals surface area contributed by atoms with Crippen LogP contribution in [0.2, 0.25) is 10.0 Å². The third-order valence-electron chi connectivity index (χ3n) is 2.65. The Morgan fingerprint density at radius 2 is 1.90 bits per heavy atom. The zero-order valence-electron chi connectivity index (χ0n) is 11.4. The highest BCUT2D eigenvalue weighted by molar-refractivity contribution is 6.39. The van der Waals surface area contributed by atoms with Crippen LogP contribution in [0.4, 0.5) is 5.69 Å². The average molecular weight is 325 g/mol. The van der Waals surface area contributed by atoms with Crippen LogP contribution in [0.3, 0.4) is 0 Å². The van der Waals surface area contributed by atoms with E-state index in [0.29, 0.717) is 22.3 Å². The molecule has 5 nitrogen and oxygen atoms in total. The minimum atomic E-state index is -0.231. The van der Waals surface area contributed by atoms with Crippen molar-refractivity contribution >= 4 is 34.8 Å². The molecule has 0 radical (unpaired) electrons. The summed E-state index contributed by atoms with van der Waals surface area (Å²) in [6, 6.07) is 5.05. The average Bonchev–Trinajstić information content (AvgIpc) is 2.45. The van der Waals surface area contributed by atoms with Crippen molar-refractivity contribution in [3.8, 4) is 0 Å². The molecule has 0 unspecified atom stereocenters. The number of hydrogen-bond acceptors (Lipinski definition) is 4. The Bertz CT molecular complexity index is 611. The predicted molar refractivity (Wildman–Crippen MR) is 83.6 cm³/mol. The van der Waals surface area contributed by atoms with Gasteiger partial charge in [0.05, 0.1) is 33.7 Å². The molecule has 0 spiro atoms. The quantitative estimate of drug-likeness (QED) is 0.887. The number of benzene rings is 1. The number of para-hydroxylation sites is 1. The Morgan fingerprint density at radius 3 is 2.52 bits per heavy atom. The second-order valence-electron chi connectivity index (χ2n) is 4.40. The van der Waals surface area contributed by atoms with Crippen LogP contribution in [0, 0.1) is 6.92 Å². The number of hydrogen-bond donors (Lipinski definition) is 2. The van der Waals surface area contributed by atoms with Crippen molar-refractivity contribution in [3.63, 3.8) is 0 Å². The first-order valence-electron chi connectivity index (χ1n) is 6.28. The van der Waals surface area contributed by atoms with Crippen LogP contribution in [0.15, 0.2) is 30.6 Å². The predicted octanol–water partition coefficient (Wildman–Crippen LogP) is 2.82. The number of amides is 1. The molecule has 0 saturated heterocycles. The summed E-state index contributed by atoms with van der Waals surface area (Å²) in [7, 11) is 0. The van der Waals surface area contributed by atoms with E-state index in [0.717, 1.165) is 11.4 Å². The van der Waals surface area contributed by atoms with Gasteiger partial charge in [-0.2, -0.15) is 0 Å². The Labute approximate surface area is 132 Å². The summed E-state index contributed by atoms with van der Waals surface area (Å²) in [5.41, 5.74) is 2.04. The van der Waals surface area contributed by atoms with E-state index >= 15 is 0 Å². The van der Waals surface area contributed by atoms with E-state index in [2.05, 4.69) is 20.6 Å². The van der Waals surface area contributed by atoms with Gasteiger partial charge in [0.1, 0.15) is 0 Å². The third-order valence-corrected chi connectivity index (χ3v) is 3.28. The first-order valence-corrected chi connectivity index (χ1v) is 7.04. The second-order valence-corrected chi connectivity index (χ2v) is 5.21. The van der Waals surface area contributed by atoms with E-state index in [9.17, 15) is 4.79 Å². The van der Waals surface area contributed by atoms with E-state index in [1.807, 2.05) is 6.92 Å². The number of halogens is 2. The molecule has 0 bridgehead atoms. The lowest BCUT2D eigenvalue weighted by Gasteiger charge is -2.09. The number of carbonyl (C=O) groups is 1. The van der Waals surface area contributed by atoms with Crippen molar-refractivity contribution in [2.75, 3.05) is 11.9 Å². The summed E-state index contributed by atoms with van der Waals surface area (Å²) in [6.07, 6.45) is 3.35. The standard InChI is InChI=1S/C14H14Cl2N4O/c1-9-5-19-10(7-18-9)6-17-8-13(21)20-14-11(15)3-2-4-12(14)16/h2-5,7,17H,6,8H2,1H3,(H,20,21). The highest BCUT2D eigenvalue weighted by Gasteiger charge is 2.09. The molecule has 0 saturated carbocycles. The Morgan fingerprint density at radius 1 is 1.19 bits per heavy atom. The fourth-order valence-electron chi connectivity index (χ4n) is 1.62. The van der Waals surface area contributed by atoms with E-state index in [1.165, 1.54) is 0 Å². The molecule has 0 aliphatic rings. The smallest absolute Gasteiger partial charge is 0.238 e. The highest BCUT2D eigenvalue weighted by Crippen LogP contribution is 2.29. The van der Waals surface area contributed by atoms with E-state index in [1.54, 1.807) is 30.6 Å². The number of aryl methyl sites for hydroxylation is 1. The van der Waals surface area contributed by atoms with Gasteiger partial charge in [0.2, 0.25) is 5.91 Å². The third kappa shape index (κ3) is 4.67. The molecule has 1 amide bonds. The monoisotopic (exact) mass is 324 g/mol. The molecule has 0 aliphatic carbocycles. The lowest BCUT2D eigenvalue weighted by Crippen LogP contribution is -2.28. The Balaban J connectivity index is 1.84. The largest absolute Gasteiger partial charge is 0.322 e. The van der Waals surface area contributed by atoms with Crippen molar-refractivity contribution in [2.24, 2.45) is 0 Å². The molecule has 0 fully saturated rings. The van der Waals surface area contributed by atoms with Crippen LogP contribution in [-0.2, 0) is 11.3 Å². The van der Waals surface area contributed by atoms with Crippen molar-refractivity contribution in [2.45, 2.75) is 13.5 Å². The van der Waals surface area contributed by atoms with Gasteiger partial charge in [-0.15, -0.1) is 0 Å². The normalized spacial score (nSPS) is 10.4. The molecule has 1 aromatic carbocycles. The molecular weight excluding hydrogens is 311 g/mol. The SMILES string of the molecule is Cc1cnc(CNCC(=O)Nc2c(Cl)cccc2Cl)cn1. The molecular formula is C14H14Cl2N4O. The van der Waals surface area contributed by atoms with Gasteiger partial charge in [-0.1, -0.05) is 29.3 Å². The van der Waals surface area contributed by atoms with Crippen molar-refractivity contribution in [1.29, 1.82) is 0 Å². The minimum Gasteiger partial charge on any atom is -0.322 e. The van der Waals surface area contributed by atoms with Gasteiger partial charge in [-0.25, -0.2) is 0 Å². The zero-order valence-corrected chi connectivity index (χ0v) is 12.9. The van der Waals surface area contributed by atoms with Crippen LogP contribution in [-0.4, -0.2) is 22.4 Å². The summed E-state index contributed by atoms with van der Waals surface area (Å²) in [6.45, 7) is 2.44. The van der Waals surface area contributed by atoms with E-state index in [4.69, 9.17) is 23.2 Å². The fraction of sp³-hybridized carbons (Fsp3) is 0.214. The molecule has 1 aromatic heterocycles. The zero-order chi connectivity index (χ0) is 15.2. The fourth-order valence-corrected chi connectivity index (χ4v) is 2.11. The van der Waals surface area contributed by atoms with Gasteiger partial charge < -0.3 is 10.6 Å². The lowest BCUT2D eigenvalue weighted by molar-refractivity contribution is -0.115. The molecule has 21 heavy (non-hydrogen) atoms. The van der Waals surface area contributed by atoms with E-state index < -0.39 is 0 Å². The number of nitrogens with zero attached hydrogens (tertiary/aromatic N) is 2. The Kier molecular flexibility index (Phi) is 5.50. The highest BCUT2D eigenvalue weighted by atomic mass is 35.5. The summed E-state index contributed by atoms with van der Waals surface area (Å²) in [5.74, 6) is -0.231. The lowest BCUT2D eigenvalue weighted by atomic mass is 10.3. The maximum absolute atomic E-state index is 11.8. The van der Waals surface area contributed by atoms with Crippen molar-refractivity contribution < 1.29 is 4.79 Å². The number of aromatic nitrogens is 2. The van der Waals surface area contributed by atoms with E-state index in [-0.39, 0.29) is 12.5 Å². The first kappa shape index (κ1) is 15.7. The molecule has 2 aromatic rings. The number of rotatable bonds is 5. The topological polar surface area (TPSA) is 66.9 Å². The van der Waals surface area contributed by atoms with Crippen molar-refractivity contribution in [3.05, 3.63) is 52.0 Å². The van der Waals surface area contributed by atoms with Crippen LogP contribution in [0.25, 0.3) is 0 Å². The van der Waals surface area contributed by atoms with Crippen molar-refractivity contribution in [1.82, 2.24) is 15.3 Å². The second kappa shape index (κ2) is 7.36. The maximum Gasteiger partial charge on any atom is 0.238 e. The number of nitrogens with one attached hydrogen (secondary N) is 2. The molecule has 2 N–H and O–H groups in total. The summed E-state index contributed by atoms with van der Waals surface area (Å²) in [5, 5.41) is 6.46. The molecule has 0 aliphatic heterocycles. The molecule has 2 rings (SSSR count). The van der Waals surface area contributed by atoms with Crippen LogP contribution < -0.4 is 10.6 Å². The van der Waals surface area contributed by atoms with Gasteiger partial charge in [-0.3, -0.25) is 14.8 Å². The van der Waals surface area contributed by atoms with Gasteiger partial charge in [0.15, 0.2) is 0 Å². The molecule has 1 heterocycles. The van der Waals surface area contributed by atoms with Crippen LogP contribution in [0.5, 0.6) is 0 Å². The minimum absolute atomic E-state index is 0.122. The Hall–Kier alpha value is -1.69. The molecule has 0 atom stereocenters.